The second-order valence-corrected chi connectivity index (χ2v) is 27.7. The quantitative estimate of drug-likeness (QED) is 0.0322. The molecule has 3 radical (unpaired) electrons. The Morgan fingerprint density at radius 2 is 0.387 bits per heavy atom. The molecule has 106 heavy (non-hydrogen) atoms. The molecule has 1 aromatic rings. The van der Waals surface area contributed by atoms with Gasteiger partial charge >= 0.3 is 120 Å². The van der Waals surface area contributed by atoms with E-state index in [0.29, 0.717) is 0 Å². The number of aliphatic carboxylic acids is 9. The number of carbonyl (C=O) groups is 14. The van der Waals surface area contributed by atoms with E-state index in [0.717, 1.165) is 0 Å². The van der Waals surface area contributed by atoms with Crippen LogP contribution in [0.1, 0.15) is 20.7 Å². The van der Waals surface area contributed by atoms with E-state index in [-0.39, 0.29) is 344 Å². The Morgan fingerprint density at radius 3 is 0.557 bits per heavy atom. The number of carboxylic acid groups (broad SMARTS) is 9. The van der Waals surface area contributed by atoms with Gasteiger partial charge in [0.05, 0.1) is 97.3 Å². The van der Waals surface area contributed by atoms with Crippen molar-refractivity contribution in [3.05, 3.63) is 21.8 Å². The van der Waals surface area contributed by atoms with E-state index in [1.165, 1.54) is 44.1 Å². The van der Waals surface area contributed by atoms with E-state index >= 15 is 0 Å². The van der Waals surface area contributed by atoms with E-state index in [2.05, 4.69) is 26.6 Å². The van der Waals surface area contributed by atoms with Gasteiger partial charge in [0.25, 0.3) is 11.8 Å². The van der Waals surface area contributed by atoms with Gasteiger partial charge in [-0.15, -0.1) is 0 Å². The Bertz CT molecular complexity index is 2890. The Hall–Kier alpha value is -2.52. The summed E-state index contributed by atoms with van der Waals surface area (Å²) in [6.45, 7) is -5.10. The standard InChI is InChI=1S/C60H94I3N17O23.3Gd/c61-55-53(59(102)66-3-1-64-41(81)29-69-5-11-72(32-44(84)85)17-23-78(38-50(96)97)24-18-73(12-6-69)33-45(86)87)56(62)58(68-43(83)31-71-9-15-76(36-48(92)93)21-27-80(40-52(100)101)28-22-77(16-10-71)37-49(94)95)57(63)54(55)60(103)67-4-2-65-42(82)30-70-7-13-74(34-46(88)89)19-25-79(39-51(98)99)26-20-75(14-8-70)35-47(90)91;;;/h1-40H2,(H,64,81)(H,65,82)(H,66,102)(H,67,103)(H,68,83)(H,84,85)(H,86,87)(H,88,89)(H,90,91)(H,92,93)(H,94,95)(H,96,97)(H,98,99)(H,100,101);;;/q;3*+3/p-9. The zero-order valence-electron chi connectivity index (χ0n) is 57.7. The van der Waals surface area contributed by atoms with Crippen LogP contribution in [-0.2, 0) is 57.5 Å². The zero-order valence-corrected chi connectivity index (χ0v) is 71.0. The van der Waals surface area contributed by atoms with E-state index < -0.39 is 149 Å². The van der Waals surface area contributed by atoms with Crippen LogP contribution >= 0.6 is 67.8 Å². The molecule has 593 valence electrons. The molecule has 0 bridgehead atoms. The molecule has 3 aliphatic heterocycles. The van der Waals surface area contributed by atoms with E-state index in [1.807, 2.05) is 45.2 Å². The van der Waals surface area contributed by atoms with Crippen molar-refractivity contribution in [2.75, 3.05) is 267 Å². The molecule has 1 aromatic carbocycles. The summed E-state index contributed by atoms with van der Waals surface area (Å²) in [6, 6.07) is 0. The number of nitrogens with one attached hydrogen (secondary N) is 5. The van der Waals surface area contributed by atoms with Gasteiger partial charge in [-0.05, 0) is 67.8 Å². The van der Waals surface area contributed by atoms with Gasteiger partial charge in [0.1, 0.15) is 0 Å². The van der Waals surface area contributed by atoms with Gasteiger partial charge in [0, 0.05) is 246 Å². The summed E-state index contributed by atoms with van der Waals surface area (Å²) in [5.41, 5.74) is -0.242. The Balaban J connectivity index is 0.0000187. The van der Waals surface area contributed by atoms with Crippen LogP contribution in [0.4, 0.5) is 5.69 Å². The first-order chi connectivity index (χ1) is 48.7. The molecule has 46 heteroatoms. The van der Waals surface area contributed by atoms with Crippen LogP contribution in [0.2, 0.25) is 0 Å². The number of rotatable bonds is 33. The topological polar surface area (TPSA) is 546 Å². The van der Waals surface area contributed by atoms with Gasteiger partial charge in [-0.25, -0.2) is 0 Å². The molecular formula is C60H85Gd3I3N17O23. The Kier molecular flexibility index (Phi) is 52.7. The number of anilines is 1. The van der Waals surface area contributed by atoms with Gasteiger partial charge in [-0.3, -0.25) is 82.8 Å². The minimum atomic E-state index is -1.44. The summed E-state index contributed by atoms with van der Waals surface area (Å²) in [4.78, 5) is 194. The van der Waals surface area contributed by atoms with Gasteiger partial charge in [-0.2, -0.15) is 0 Å². The second-order valence-electron chi connectivity index (χ2n) is 24.5. The van der Waals surface area contributed by atoms with Crippen molar-refractivity contribution in [2.24, 2.45) is 0 Å². The molecular weight excluding hydrogens is 2180 g/mol. The molecule has 4 rings (SSSR count). The maximum atomic E-state index is 14.5. The van der Waals surface area contributed by atoms with Crippen molar-refractivity contribution in [1.82, 2.24) is 80.1 Å². The summed E-state index contributed by atoms with van der Waals surface area (Å²) >= 11 is 5.42. The molecule has 0 unspecified atom stereocenters. The monoisotopic (exact) mass is 2270 g/mol. The maximum Gasteiger partial charge on any atom is 3.00 e. The molecule has 0 atom stereocenters. The van der Waals surface area contributed by atoms with Gasteiger partial charge in [-0.1, -0.05) is 0 Å². The molecule has 40 nitrogen and oxygen atoms in total. The number of hydrogen-bond donors (Lipinski definition) is 5. The van der Waals surface area contributed by atoms with Crippen molar-refractivity contribution in [3.8, 4) is 0 Å². The van der Waals surface area contributed by atoms with E-state index in [9.17, 15) is 113 Å². The number of nitrogens with zero attached hydrogens (tertiary/aromatic N) is 12. The molecule has 3 fully saturated rings. The summed E-state index contributed by atoms with van der Waals surface area (Å²) < 4.78 is 0.347. The number of carboxylic acids is 9. The van der Waals surface area contributed by atoms with Gasteiger partial charge in [0.2, 0.25) is 17.7 Å². The molecule has 0 spiro atoms. The third-order valence-corrected chi connectivity index (χ3v) is 19.8. The minimum absolute atomic E-state index is 0. The van der Waals surface area contributed by atoms with E-state index in [4.69, 9.17) is 0 Å². The predicted octanol–water partition coefficient (Wildman–Crippen LogP) is -18.5. The SMILES string of the molecule is O=C([O-])CN1CCN(CC(=O)[O-])CCN(CC(=O)NCCNC(=O)c2c(I)c(NC(=O)CN3CCN(CC(=O)[O-])CCN(CC(=O)[O-])CCN(CC(=O)[O-])CC3)c(I)c(C(=O)NCCNC(=O)CN3CCN(CC(=O)[O-])CCN(CC(=O)[O-])CCN(CC(=O)[O-])CC3)c2I)CCN(CC(=O)[O-])CC1.[Gd+3].[Gd+3].[Gd+3]. The molecule has 0 aromatic heterocycles. The van der Waals surface area contributed by atoms with Crippen LogP contribution < -0.4 is 72.5 Å². The fourth-order valence-electron chi connectivity index (χ4n) is 11.3. The van der Waals surface area contributed by atoms with Crippen LogP contribution in [-0.4, -0.2) is 404 Å². The fraction of sp³-hybridized carbons (Fsp3) is 0.667. The third-order valence-electron chi connectivity index (χ3n) is 16.6. The Labute approximate surface area is 749 Å². The second kappa shape index (κ2) is 55.0. The van der Waals surface area contributed by atoms with Crippen molar-refractivity contribution < 1.29 is 233 Å². The zero-order chi connectivity index (χ0) is 76.3. The predicted molar refractivity (Wildman–Crippen MR) is 366 cm³/mol. The summed E-state index contributed by atoms with van der Waals surface area (Å²) in [6.07, 6.45) is 0. The molecule has 5 amide bonds. The smallest absolute Gasteiger partial charge is 0.549 e. The van der Waals surface area contributed by atoms with Crippen LogP contribution in [0, 0.1) is 131 Å². The number of benzene rings is 1. The van der Waals surface area contributed by atoms with Crippen molar-refractivity contribution in [1.29, 1.82) is 0 Å². The number of amides is 5. The van der Waals surface area contributed by atoms with E-state index in [1.54, 1.807) is 37.3 Å². The van der Waals surface area contributed by atoms with Crippen molar-refractivity contribution in [2.45, 2.75) is 0 Å². The Morgan fingerprint density at radius 1 is 0.236 bits per heavy atom. The molecule has 3 aliphatic rings. The summed E-state index contributed by atoms with van der Waals surface area (Å²) in [5, 5.41) is 119. The van der Waals surface area contributed by atoms with Crippen LogP contribution in [0.3, 0.4) is 0 Å². The maximum absolute atomic E-state index is 14.5. The minimum Gasteiger partial charge on any atom is -0.549 e. The number of halogens is 3. The largest absolute Gasteiger partial charge is 3.00 e. The summed E-state index contributed by atoms with van der Waals surface area (Å²) in [5.74, 6) is -16.1. The van der Waals surface area contributed by atoms with Crippen LogP contribution in [0.25, 0.3) is 0 Å². The average Bonchev–Trinajstić information content (AvgIpc) is 0.767. The molecule has 3 heterocycles. The number of carbonyl (C=O) groups excluding carboxylic acids is 14. The number of hydrogen-bond acceptors (Lipinski definition) is 35. The van der Waals surface area contributed by atoms with Gasteiger partial charge < -0.3 is 116 Å². The first-order valence-electron chi connectivity index (χ1n) is 32.8. The molecule has 3 saturated heterocycles. The molecule has 5 N–H and O–H groups in total. The van der Waals surface area contributed by atoms with Crippen molar-refractivity contribution in [3.63, 3.8) is 0 Å². The average molecular weight is 2260 g/mol. The summed E-state index contributed by atoms with van der Waals surface area (Å²) in [7, 11) is 0. The fourth-order valence-corrected chi connectivity index (χ4v) is 15.7. The van der Waals surface area contributed by atoms with Crippen LogP contribution in [0.5, 0.6) is 0 Å². The van der Waals surface area contributed by atoms with Crippen molar-refractivity contribution >= 4 is 157 Å². The molecule has 0 aliphatic carbocycles. The first-order valence-corrected chi connectivity index (χ1v) is 36.0. The molecule has 0 saturated carbocycles. The third kappa shape index (κ3) is 42.4. The van der Waals surface area contributed by atoms with Gasteiger partial charge in [0.15, 0.2) is 0 Å². The first kappa shape index (κ1) is 101. The van der Waals surface area contributed by atoms with Crippen LogP contribution in [0.15, 0.2) is 0 Å². The normalized spacial score (nSPS) is 17.7.